The highest BCUT2D eigenvalue weighted by atomic mass is 16.5. The summed E-state index contributed by atoms with van der Waals surface area (Å²) in [5.74, 6) is -0.496. The number of aromatic nitrogens is 2. The molecule has 0 saturated heterocycles. The van der Waals surface area contributed by atoms with Gasteiger partial charge < -0.3 is 14.5 Å². The fourth-order valence-electron chi connectivity index (χ4n) is 1.53. The van der Waals surface area contributed by atoms with E-state index in [1.807, 2.05) is 25.1 Å². The summed E-state index contributed by atoms with van der Waals surface area (Å²) in [6, 6.07) is 5.84. The van der Waals surface area contributed by atoms with Crippen molar-refractivity contribution < 1.29 is 13.9 Å². The Balaban J connectivity index is 2.02. The van der Waals surface area contributed by atoms with Crippen molar-refractivity contribution in [2.75, 3.05) is 11.9 Å². The number of nitrogens with zero attached hydrogens (tertiary/aromatic N) is 2. The van der Waals surface area contributed by atoms with E-state index < -0.39 is 5.97 Å². The molecule has 2 rings (SSSR count). The maximum absolute atomic E-state index is 11.4. The molecule has 2 heterocycles. The van der Waals surface area contributed by atoms with Crippen molar-refractivity contribution in [2.24, 2.45) is 0 Å². The monoisotopic (exact) mass is 261 g/mol. The molecule has 0 spiro atoms. The summed E-state index contributed by atoms with van der Waals surface area (Å²) in [7, 11) is 0. The first-order chi connectivity index (χ1) is 9.20. The number of hydrogen-bond acceptors (Lipinski definition) is 6. The molecule has 0 aliphatic heterocycles. The summed E-state index contributed by atoms with van der Waals surface area (Å²) >= 11 is 0. The average molecular weight is 261 g/mol. The average Bonchev–Trinajstić information content (AvgIpc) is 2.88. The van der Waals surface area contributed by atoms with E-state index in [0.717, 1.165) is 5.69 Å². The number of anilines is 1. The maximum Gasteiger partial charge on any atom is 0.360 e. The van der Waals surface area contributed by atoms with Crippen molar-refractivity contribution >= 4 is 12.0 Å². The minimum Gasteiger partial charge on any atom is -0.461 e. The second kappa shape index (κ2) is 5.99. The predicted molar refractivity (Wildman–Crippen MR) is 68.7 cm³/mol. The zero-order valence-corrected chi connectivity index (χ0v) is 10.8. The summed E-state index contributed by atoms with van der Waals surface area (Å²) in [6.07, 6.45) is 2.98. The van der Waals surface area contributed by atoms with E-state index in [1.165, 1.54) is 6.26 Å². The van der Waals surface area contributed by atoms with Crippen LogP contribution >= 0.6 is 0 Å². The van der Waals surface area contributed by atoms with E-state index in [2.05, 4.69) is 15.3 Å². The van der Waals surface area contributed by atoms with Crippen molar-refractivity contribution in [1.82, 2.24) is 9.97 Å². The normalized spacial score (nSPS) is 11.9. The van der Waals surface area contributed by atoms with Gasteiger partial charge in [0.05, 0.1) is 18.3 Å². The quantitative estimate of drug-likeness (QED) is 0.833. The minimum absolute atomic E-state index is 0.0742. The molecule has 0 aliphatic rings. The molecule has 0 radical (unpaired) electrons. The third-order valence-electron chi connectivity index (χ3n) is 2.46. The van der Waals surface area contributed by atoms with Crippen LogP contribution in [-0.2, 0) is 4.74 Å². The van der Waals surface area contributed by atoms with Crippen LogP contribution in [-0.4, -0.2) is 22.5 Å². The van der Waals surface area contributed by atoms with Crippen molar-refractivity contribution in [3.8, 4) is 0 Å². The molecule has 2 aromatic heterocycles. The summed E-state index contributed by atoms with van der Waals surface area (Å²) in [5.41, 5.74) is 1.01. The number of nitrogens with one attached hydrogen (secondary N) is 1. The molecule has 0 bridgehead atoms. The molecule has 0 fully saturated rings. The summed E-state index contributed by atoms with van der Waals surface area (Å²) in [5, 5.41) is 3.03. The van der Waals surface area contributed by atoms with E-state index in [0.29, 0.717) is 6.61 Å². The van der Waals surface area contributed by atoms with Gasteiger partial charge in [0, 0.05) is 6.20 Å². The van der Waals surface area contributed by atoms with Gasteiger partial charge in [0.1, 0.15) is 6.26 Å². The standard InChI is InChI=1S/C13H15N3O3/c1-3-18-12(17)11-8-19-13(16-11)15-9(2)10-6-4-5-7-14-10/h4-9H,3H2,1-2H3,(H,15,16). The predicted octanol–water partition coefficient (Wildman–Crippen LogP) is 2.42. The van der Waals surface area contributed by atoms with E-state index in [4.69, 9.17) is 9.15 Å². The number of esters is 1. The Morgan fingerprint density at radius 2 is 2.37 bits per heavy atom. The SMILES string of the molecule is CCOC(=O)c1coc(NC(C)c2ccccn2)n1. The number of hydrogen-bond donors (Lipinski definition) is 1. The van der Waals surface area contributed by atoms with Crippen LogP contribution in [0.2, 0.25) is 0 Å². The lowest BCUT2D eigenvalue weighted by molar-refractivity contribution is 0.0519. The second-order valence-electron chi connectivity index (χ2n) is 3.88. The van der Waals surface area contributed by atoms with Gasteiger partial charge in [-0.15, -0.1) is 0 Å². The van der Waals surface area contributed by atoms with Gasteiger partial charge in [0.25, 0.3) is 6.01 Å². The summed E-state index contributed by atoms with van der Waals surface area (Å²) in [6.45, 7) is 3.97. The van der Waals surface area contributed by atoms with E-state index >= 15 is 0 Å². The Bertz CT molecular complexity index is 539. The molecule has 0 amide bonds. The first-order valence-corrected chi connectivity index (χ1v) is 6.00. The van der Waals surface area contributed by atoms with Crippen LogP contribution in [0, 0.1) is 0 Å². The molecule has 100 valence electrons. The van der Waals surface area contributed by atoms with Crippen molar-refractivity contribution in [3.05, 3.63) is 42.0 Å². The van der Waals surface area contributed by atoms with Crippen LogP contribution in [0.15, 0.2) is 35.1 Å². The molecule has 6 nitrogen and oxygen atoms in total. The Labute approximate surface area is 110 Å². The Morgan fingerprint density at radius 1 is 1.53 bits per heavy atom. The topological polar surface area (TPSA) is 77.2 Å². The minimum atomic E-state index is -0.496. The lowest BCUT2D eigenvalue weighted by Crippen LogP contribution is -2.09. The lowest BCUT2D eigenvalue weighted by Gasteiger charge is -2.10. The van der Waals surface area contributed by atoms with Crippen LogP contribution in [0.25, 0.3) is 0 Å². The molecule has 1 unspecified atom stereocenters. The lowest BCUT2D eigenvalue weighted by atomic mass is 10.2. The van der Waals surface area contributed by atoms with Gasteiger partial charge in [-0.05, 0) is 26.0 Å². The van der Waals surface area contributed by atoms with E-state index in [1.54, 1.807) is 13.1 Å². The van der Waals surface area contributed by atoms with Crippen molar-refractivity contribution in [3.63, 3.8) is 0 Å². The van der Waals surface area contributed by atoms with E-state index in [-0.39, 0.29) is 17.8 Å². The zero-order valence-electron chi connectivity index (χ0n) is 10.8. The Hall–Kier alpha value is -2.37. The fourth-order valence-corrected chi connectivity index (χ4v) is 1.53. The van der Waals surface area contributed by atoms with Crippen LogP contribution in [0.5, 0.6) is 0 Å². The molecule has 0 saturated carbocycles. The number of oxazole rings is 1. The number of rotatable bonds is 5. The first kappa shape index (κ1) is 13.1. The molecule has 2 aromatic rings. The van der Waals surface area contributed by atoms with Gasteiger partial charge in [-0.3, -0.25) is 4.98 Å². The highest BCUT2D eigenvalue weighted by Gasteiger charge is 2.15. The third-order valence-corrected chi connectivity index (χ3v) is 2.46. The number of carbonyl (C=O) groups is 1. The molecule has 0 aliphatic carbocycles. The van der Waals surface area contributed by atoms with Crippen molar-refractivity contribution in [2.45, 2.75) is 19.9 Å². The van der Waals surface area contributed by atoms with Gasteiger partial charge >= 0.3 is 5.97 Å². The van der Waals surface area contributed by atoms with Crippen LogP contribution in [0.4, 0.5) is 6.01 Å². The molecular weight excluding hydrogens is 246 g/mol. The highest BCUT2D eigenvalue weighted by molar-refractivity contribution is 5.87. The van der Waals surface area contributed by atoms with Crippen LogP contribution < -0.4 is 5.32 Å². The number of carbonyl (C=O) groups excluding carboxylic acids is 1. The first-order valence-electron chi connectivity index (χ1n) is 6.00. The highest BCUT2D eigenvalue weighted by Crippen LogP contribution is 2.17. The van der Waals surface area contributed by atoms with Gasteiger partial charge in [-0.2, -0.15) is 4.98 Å². The Kier molecular flexibility index (Phi) is 4.12. The largest absolute Gasteiger partial charge is 0.461 e. The van der Waals surface area contributed by atoms with Crippen molar-refractivity contribution in [1.29, 1.82) is 0 Å². The molecule has 19 heavy (non-hydrogen) atoms. The fraction of sp³-hybridized carbons (Fsp3) is 0.308. The molecular formula is C13H15N3O3. The smallest absolute Gasteiger partial charge is 0.360 e. The van der Waals surface area contributed by atoms with Crippen LogP contribution in [0.1, 0.15) is 36.1 Å². The maximum atomic E-state index is 11.4. The molecule has 1 atom stereocenters. The van der Waals surface area contributed by atoms with E-state index in [9.17, 15) is 4.79 Å². The molecule has 6 heteroatoms. The molecule has 1 N–H and O–H groups in total. The van der Waals surface area contributed by atoms with Gasteiger partial charge in [-0.1, -0.05) is 6.07 Å². The van der Waals surface area contributed by atoms with Crippen LogP contribution in [0.3, 0.4) is 0 Å². The second-order valence-corrected chi connectivity index (χ2v) is 3.88. The molecule has 0 aromatic carbocycles. The third kappa shape index (κ3) is 3.31. The van der Waals surface area contributed by atoms with Gasteiger partial charge in [0.15, 0.2) is 5.69 Å². The number of pyridine rings is 1. The van der Waals surface area contributed by atoms with Gasteiger partial charge in [0.2, 0.25) is 0 Å². The zero-order chi connectivity index (χ0) is 13.7. The Morgan fingerprint density at radius 3 is 3.05 bits per heavy atom. The summed E-state index contributed by atoms with van der Waals surface area (Å²) < 4.78 is 10.0. The van der Waals surface area contributed by atoms with Gasteiger partial charge in [-0.25, -0.2) is 4.79 Å². The number of ether oxygens (including phenoxy) is 1. The summed E-state index contributed by atoms with van der Waals surface area (Å²) in [4.78, 5) is 19.7.